The van der Waals surface area contributed by atoms with Crippen molar-refractivity contribution in [3.63, 3.8) is 0 Å². The number of benzene rings is 3. The Morgan fingerprint density at radius 1 is 0.912 bits per heavy atom. The van der Waals surface area contributed by atoms with Gasteiger partial charge in [0.05, 0.1) is 0 Å². The summed E-state index contributed by atoms with van der Waals surface area (Å²) in [6.07, 6.45) is 1.57. The van der Waals surface area contributed by atoms with Crippen molar-refractivity contribution in [3.8, 4) is 11.5 Å². The molecule has 0 saturated heterocycles. The maximum absolute atomic E-state index is 13.1. The molecule has 1 aliphatic heterocycles. The fourth-order valence-corrected chi connectivity index (χ4v) is 3.37. The van der Waals surface area contributed by atoms with Gasteiger partial charge in [0, 0.05) is 24.7 Å². The molecule has 0 unspecified atom stereocenters. The second-order valence-electron chi connectivity index (χ2n) is 7.51. The third-order valence-electron chi connectivity index (χ3n) is 5.00. The van der Waals surface area contributed by atoms with Crippen LogP contribution in [0.5, 0.6) is 11.5 Å². The Bertz CT molecular complexity index is 1250. The number of rotatable bonds is 7. The van der Waals surface area contributed by atoms with Crippen LogP contribution in [0.4, 0.5) is 5.69 Å². The fraction of sp³-hybridized carbons (Fsp3) is 0.115. The number of hydrogen-bond acceptors (Lipinski definition) is 5. The second kappa shape index (κ2) is 10.4. The van der Waals surface area contributed by atoms with E-state index in [1.54, 1.807) is 72.8 Å². The van der Waals surface area contributed by atoms with Gasteiger partial charge >= 0.3 is 0 Å². The minimum atomic E-state index is -0.487. The summed E-state index contributed by atoms with van der Waals surface area (Å²) in [5.41, 5.74) is 2.46. The number of ether oxygens (including phenoxy) is 2. The first kappa shape index (κ1) is 22.6. The van der Waals surface area contributed by atoms with Gasteiger partial charge in [-0.2, -0.15) is 0 Å². The summed E-state index contributed by atoms with van der Waals surface area (Å²) < 4.78 is 10.7. The zero-order valence-corrected chi connectivity index (χ0v) is 18.5. The molecule has 3 amide bonds. The minimum absolute atomic E-state index is 0.0599. The lowest BCUT2D eigenvalue weighted by Crippen LogP contribution is -2.34. The first-order valence-electron chi connectivity index (χ1n) is 10.6. The Hall–Kier alpha value is -4.59. The first-order chi connectivity index (χ1) is 16.5. The average Bonchev–Trinajstić information content (AvgIpc) is 3.31. The van der Waals surface area contributed by atoms with Gasteiger partial charge in [0.25, 0.3) is 11.8 Å². The van der Waals surface area contributed by atoms with E-state index in [-0.39, 0.29) is 24.9 Å². The smallest absolute Gasteiger partial charge is 0.268 e. The molecule has 0 bridgehead atoms. The van der Waals surface area contributed by atoms with Gasteiger partial charge < -0.3 is 25.4 Å². The van der Waals surface area contributed by atoms with Crippen LogP contribution in [-0.2, 0) is 16.1 Å². The first-order valence-corrected chi connectivity index (χ1v) is 10.6. The van der Waals surface area contributed by atoms with Crippen LogP contribution in [0.25, 0.3) is 6.08 Å². The number of anilines is 1. The molecule has 172 valence electrons. The maximum Gasteiger partial charge on any atom is 0.268 e. The highest BCUT2D eigenvalue weighted by Crippen LogP contribution is 2.33. The molecule has 34 heavy (non-hydrogen) atoms. The topological polar surface area (TPSA) is 106 Å². The van der Waals surface area contributed by atoms with Gasteiger partial charge in [-0.1, -0.05) is 42.5 Å². The van der Waals surface area contributed by atoms with E-state index in [0.717, 1.165) is 5.56 Å². The summed E-state index contributed by atoms with van der Waals surface area (Å²) in [4.78, 5) is 37.4. The zero-order valence-electron chi connectivity index (χ0n) is 18.5. The number of amides is 3. The summed E-state index contributed by atoms with van der Waals surface area (Å²) in [7, 11) is 0. The van der Waals surface area contributed by atoms with Crippen LogP contribution in [-0.4, -0.2) is 24.5 Å². The van der Waals surface area contributed by atoms with Gasteiger partial charge in [-0.3, -0.25) is 14.4 Å². The Labute approximate surface area is 196 Å². The summed E-state index contributed by atoms with van der Waals surface area (Å²) in [5.74, 6) is 0.0661. The van der Waals surface area contributed by atoms with Crippen molar-refractivity contribution >= 4 is 29.5 Å². The monoisotopic (exact) mass is 457 g/mol. The lowest BCUT2D eigenvalue weighted by Gasteiger charge is -2.14. The van der Waals surface area contributed by atoms with E-state index in [2.05, 4.69) is 16.0 Å². The van der Waals surface area contributed by atoms with E-state index in [9.17, 15) is 14.4 Å². The molecule has 0 aromatic heterocycles. The predicted octanol–water partition coefficient (Wildman–Crippen LogP) is 3.46. The SMILES string of the molecule is CC(=O)Nc1ccccc1CNC(=O)C(=Cc1ccc2c(c1)OCO2)NC(=O)c1ccccc1. The van der Waals surface area contributed by atoms with E-state index in [4.69, 9.17) is 9.47 Å². The van der Waals surface area contributed by atoms with Gasteiger partial charge in [0.1, 0.15) is 5.70 Å². The van der Waals surface area contributed by atoms with Crippen molar-refractivity contribution in [1.82, 2.24) is 10.6 Å². The maximum atomic E-state index is 13.1. The summed E-state index contributed by atoms with van der Waals surface area (Å²) >= 11 is 0. The highest BCUT2D eigenvalue weighted by Gasteiger charge is 2.17. The van der Waals surface area contributed by atoms with Gasteiger partial charge in [-0.15, -0.1) is 0 Å². The largest absolute Gasteiger partial charge is 0.454 e. The standard InChI is InChI=1S/C26H23N3O5/c1-17(30)28-21-10-6-5-9-20(21)15-27-26(32)22(29-25(31)19-7-3-2-4-8-19)13-18-11-12-23-24(14-18)34-16-33-23/h2-14H,15-16H2,1H3,(H,27,32)(H,28,30)(H,29,31). The van der Waals surface area contributed by atoms with E-state index < -0.39 is 11.8 Å². The molecule has 3 aromatic rings. The number of hydrogen-bond donors (Lipinski definition) is 3. The molecule has 1 heterocycles. The molecule has 8 nitrogen and oxygen atoms in total. The number of nitrogens with one attached hydrogen (secondary N) is 3. The van der Waals surface area contributed by atoms with E-state index in [1.807, 2.05) is 6.07 Å². The number of carbonyl (C=O) groups is 3. The highest BCUT2D eigenvalue weighted by atomic mass is 16.7. The Morgan fingerprint density at radius 3 is 2.44 bits per heavy atom. The summed E-state index contributed by atoms with van der Waals surface area (Å²) in [5, 5.41) is 8.26. The highest BCUT2D eigenvalue weighted by molar-refractivity contribution is 6.05. The molecule has 8 heteroatoms. The van der Waals surface area contributed by atoms with Crippen LogP contribution in [0.1, 0.15) is 28.4 Å². The van der Waals surface area contributed by atoms with Crippen LogP contribution in [0.2, 0.25) is 0 Å². The van der Waals surface area contributed by atoms with Crippen molar-refractivity contribution in [2.45, 2.75) is 13.5 Å². The molecule has 0 spiro atoms. The molecule has 1 aliphatic rings. The second-order valence-corrected chi connectivity index (χ2v) is 7.51. The number of carbonyl (C=O) groups excluding carboxylic acids is 3. The van der Waals surface area contributed by atoms with Crippen molar-refractivity contribution in [2.75, 3.05) is 12.1 Å². The number of para-hydroxylation sites is 1. The van der Waals surface area contributed by atoms with Crippen LogP contribution >= 0.6 is 0 Å². The Balaban J connectivity index is 1.57. The Morgan fingerprint density at radius 2 is 1.65 bits per heavy atom. The lowest BCUT2D eigenvalue weighted by molar-refractivity contribution is -0.118. The third-order valence-corrected chi connectivity index (χ3v) is 5.00. The van der Waals surface area contributed by atoms with E-state index >= 15 is 0 Å². The molecule has 0 atom stereocenters. The molecule has 0 saturated carbocycles. The molecule has 3 N–H and O–H groups in total. The lowest BCUT2D eigenvalue weighted by atomic mass is 10.1. The fourth-order valence-electron chi connectivity index (χ4n) is 3.37. The quantitative estimate of drug-likeness (QED) is 0.471. The van der Waals surface area contributed by atoms with Crippen LogP contribution < -0.4 is 25.4 Å². The van der Waals surface area contributed by atoms with Crippen molar-refractivity contribution in [1.29, 1.82) is 0 Å². The zero-order chi connectivity index (χ0) is 23.9. The van der Waals surface area contributed by atoms with E-state index in [0.29, 0.717) is 28.3 Å². The van der Waals surface area contributed by atoms with Gasteiger partial charge in [0.2, 0.25) is 12.7 Å². The average molecular weight is 457 g/mol. The van der Waals surface area contributed by atoms with Gasteiger partial charge in [0.15, 0.2) is 11.5 Å². The van der Waals surface area contributed by atoms with E-state index in [1.165, 1.54) is 6.92 Å². The van der Waals surface area contributed by atoms with Crippen molar-refractivity contribution in [3.05, 3.63) is 95.2 Å². The normalized spacial score (nSPS) is 12.1. The third kappa shape index (κ3) is 5.60. The molecular formula is C26H23N3O5. The molecule has 0 aliphatic carbocycles. The molecule has 3 aromatic carbocycles. The summed E-state index contributed by atoms with van der Waals surface area (Å²) in [6, 6.07) is 21.0. The molecular weight excluding hydrogens is 434 g/mol. The van der Waals surface area contributed by atoms with Gasteiger partial charge in [-0.05, 0) is 47.5 Å². The Kier molecular flexibility index (Phi) is 6.88. The van der Waals surface area contributed by atoms with Crippen molar-refractivity contribution in [2.24, 2.45) is 0 Å². The van der Waals surface area contributed by atoms with Crippen LogP contribution in [0, 0.1) is 0 Å². The van der Waals surface area contributed by atoms with Crippen molar-refractivity contribution < 1.29 is 23.9 Å². The van der Waals surface area contributed by atoms with Gasteiger partial charge in [-0.25, -0.2) is 0 Å². The predicted molar refractivity (Wildman–Crippen MR) is 127 cm³/mol. The van der Waals surface area contributed by atoms with Crippen LogP contribution in [0.3, 0.4) is 0 Å². The molecule has 4 rings (SSSR count). The van der Waals surface area contributed by atoms with Crippen LogP contribution in [0.15, 0.2) is 78.5 Å². The minimum Gasteiger partial charge on any atom is -0.454 e. The molecule has 0 radical (unpaired) electrons. The number of fused-ring (bicyclic) bond motifs is 1. The molecule has 0 fully saturated rings. The summed E-state index contributed by atoms with van der Waals surface area (Å²) in [6.45, 7) is 1.70.